The maximum Gasteiger partial charge on any atom is 0.255 e. The number of likely N-dealkylation sites (tertiary alicyclic amines) is 3. The summed E-state index contributed by atoms with van der Waals surface area (Å²) in [5.74, 6) is 0.594. The van der Waals surface area contributed by atoms with Crippen LogP contribution in [-0.4, -0.2) is 76.7 Å². The molecule has 3 amide bonds. The summed E-state index contributed by atoms with van der Waals surface area (Å²) in [4.78, 5) is 48.9. The van der Waals surface area contributed by atoms with Crippen LogP contribution >= 0.6 is 0 Å². The molecule has 4 heterocycles. The Balaban J connectivity index is 1.36. The summed E-state index contributed by atoms with van der Waals surface area (Å²) in [7, 11) is 0. The van der Waals surface area contributed by atoms with Crippen molar-refractivity contribution < 1.29 is 14.4 Å². The standard InChI is InChI=1S/C24H32N4O3/c1-18(29)28-16-20-23(6-7-24(20,17-28)22(31)27-11-2-3-12-27)8-13-26(14-9-23)21(30)19-5-4-10-25-15-19/h4-5,10,15,20H,2-3,6-9,11-14,16-17H2,1H3/t20-,24+/m0/s1. The van der Waals surface area contributed by atoms with Crippen molar-refractivity contribution in [3.63, 3.8) is 0 Å². The minimum absolute atomic E-state index is 0.0390. The molecule has 5 rings (SSSR count). The highest BCUT2D eigenvalue weighted by Crippen LogP contribution is 2.62. The lowest BCUT2D eigenvalue weighted by molar-refractivity contribution is -0.143. The molecule has 31 heavy (non-hydrogen) atoms. The maximum atomic E-state index is 13.7. The number of nitrogens with zero attached hydrogens (tertiary/aromatic N) is 4. The maximum absolute atomic E-state index is 13.7. The number of fused-ring (bicyclic) bond motifs is 2. The third-order valence-electron chi connectivity index (χ3n) is 8.57. The van der Waals surface area contributed by atoms with E-state index in [2.05, 4.69) is 9.88 Å². The number of hydrogen-bond donors (Lipinski definition) is 0. The molecule has 0 radical (unpaired) electrons. The van der Waals surface area contributed by atoms with Gasteiger partial charge in [0, 0.05) is 58.6 Å². The van der Waals surface area contributed by atoms with E-state index in [-0.39, 0.29) is 29.1 Å². The molecule has 3 saturated heterocycles. The summed E-state index contributed by atoms with van der Waals surface area (Å²) in [6.07, 6.45) is 9.18. The summed E-state index contributed by atoms with van der Waals surface area (Å²) in [6, 6.07) is 3.61. The first-order valence-electron chi connectivity index (χ1n) is 11.7. The normalized spacial score (nSPS) is 29.5. The van der Waals surface area contributed by atoms with Crippen LogP contribution in [0.5, 0.6) is 0 Å². The van der Waals surface area contributed by atoms with Crippen molar-refractivity contribution in [2.45, 2.75) is 45.4 Å². The Morgan fingerprint density at radius 2 is 1.71 bits per heavy atom. The van der Waals surface area contributed by atoms with E-state index in [9.17, 15) is 14.4 Å². The van der Waals surface area contributed by atoms with Gasteiger partial charge in [0.25, 0.3) is 5.91 Å². The van der Waals surface area contributed by atoms with E-state index in [1.165, 1.54) is 0 Å². The Bertz CT molecular complexity index is 874. The van der Waals surface area contributed by atoms with Gasteiger partial charge in [-0.1, -0.05) is 0 Å². The summed E-state index contributed by atoms with van der Waals surface area (Å²) < 4.78 is 0. The van der Waals surface area contributed by atoms with Gasteiger partial charge in [-0.05, 0) is 62.0 Å². The van der Waals surface area contributed by atoms with E-state index in [1.807, 2.05) is 15.9 Å². The molecule has 1 aliphatic carbocycles. The first-order chi connectivity index (χ1) is 15.0. The molecule has 7 heteroatoms. The molecule has 0 unspecified atom stereocenters. The molecule has 0 N–H and O–H groups in total. The van der Waals surface area contributed by atoms with Crippen molar-refractivity contribution in [1.29, 1.82) is 0 Å². The third-order valence-corrected chi connectivity index (χ3v) is 8.57. The molecule has 4 aliphatic rings. The highest BCUT2D eigenvalue weighted by atomic mass is 16.2. The Hall–Kier alpha value is -2.44. The summed E-state index contributed by atoms with van der Waals surface area (Å²) in [5.41, 5.74) is 0.253. The van der Waals surface area contributed by atoms with Gasteiger partial charge in [0.15, 0.2) is 0 Å². The van der Waals surface area contributed by atoms with Gasteiger partial charge in [-0.2, -0.15) is 0 Å². The quantitative estimate of drug-likeness (QED) is 0.730. The number of carbonyl (C=O) groups is 3. The fourth-order valence-corrected chi connectivity index (χ4v) is 6.81. The number of carbonyl (C=O) groups excluding carboxylic acids is 3. The predicted molar refractivity (Wildman–Crippen MR) is 115 cm³/mol. The van der Waals surface area contributed by atoms with Gasteiger partial charge in [0.2, 0.25) is 11.8 Å². The lowest BCUT2D eigenvalue weighted by atomic mass is 9.65. The van der Waals surface area contributed by atoms with Crippen molar-refractivity contribution in [3.05, 3.63) is 30.1 Å². The van der Waals surface area contributed by atoms with E-state index in [4.69, 9.17) is 0 Å². The van der Waals surface area contributed by atoms with Crippen LogP contribution in [-0.2, 0) is 9.59 Å². The van der Waals surface area contributed by atoms with Gasteiger partial charge in [0.1, 0.15) is 0 Å². The second kappa shape index (κ2) is 7.61. The molecule has 4 fully saturated rings. The molecule has 7 nitrogen and oxygen atoms in total. The lowest BCUT2D eigenvalue weighted by Gasteiger charge is -2.44. The smallest absolute Gasteiger partial charge is 0.255 e. The molecule has 2 atom stereocenters. The molecule has 3 aliphatic heterocycles. The molecule has 166 valence electrons. The number of piperidine rings is 1. The molecular weight excluding hydrogens is 392 g/mol. The minimum atomic E-state index is -0.425. The third kappa shape index (κ3) is 3.24. The van der Waals surface area contributed by atoms with E-state index < -0.39 is 5.41 Å². The topological polar surface area (TPSA) is 73.8 Å². The highest BCUT2D eigenvalue weighted by molar-refractivity contribution is 5.94. The zero-order valence-corrected chi connectivity index (χ0v) is 18.4. The molecule has 1 aromatic heterocycles. The number of rotatable bonds is 2. The van der Waals surface area contributed by atoms with Crippen LogP contribution < -0.4 is 0 Å². The fraction of sp³-hybridized carbons (Fsp3) is 0.667. The summed E-state index contributed by atoms with van der Waals surface area (Å²) >= 11 is 0. The number of pyridine rings is 1. The van der Waals surface area contributed by atoms with Gasteiger partial charge >= 0.3 is 0 Å². The Morgan fingerprint density at radius 3 is 2.35 bits per heavy atom. The van der Waals surface area contributed by atoms with E-state index >= 15 is 0 Å². The predicted octanol–water partition coefficient (Wildman–Crippen LogP) is 2.18. The Morgan fingerprint density at radius 1 is 0.968 bits per heavy atom. The van der Waals surface area contributed by atoms with Crippen LogP contribution in [0, 0.1) is 16.7 Å². The van der Waals surface area contributed by atoms with E-state index in [1.54, 1.807) is 25.4 Å². The minimum Gasteiger partial charge on any atom is -0.342 e. The average Bonchev–Trinajstić information content (AvgIpc) is 3.52. The van der Waals surface area contributed by atoms with Gasteiger partial charge in [-0.3, -0.25) is 19.4 Å². The van der Waals surface area contributed by atoms with Gasteiger partial charge in [-0.25, -0.2) is 0 Å². The van der Waals surface area contributed by atoms with Crippen molar-refractivity contribution in [2.75, 3.05) is 39.3 Å². The Labute approximate surface area is 183 Å². The SMILES string of the molecule is CC(=O)N1C[C@H]2C3(CCN(C(=O)c4cccnc4)CC3)CC[C@@]2(C(=O)N2CCCC2)C1. The van der Waals surface area contributed by atoms with Gasteiger partial charge in [-0.15, -0.1) is 0 Å². The van der Waals surface area contributed by atoms with Gasteiger partial charge < -0.3 is 14.7 Å². The van der Waals surface area contributed by atoms with Crippen molar-refractivity contribution >= 4 is 17.7 Å². The zero-order chi connectivity index (χ0) is 21.6. The van der Waals surface area contributed by atoms with Gasteiger partial charge in [0.05, 0.1) is 11.0 Å². The second-order valence-electron chi connectivity index (χ2n) is 10.0. The molecular formula is C24H32N4O3. The first-order valence-corrected chi connectivity index (χ1v) is 11.7. The number of hydrogen-bond acceptors (Lipinski definition) is 4. The van der Waals surface area contributed by atoms with Crippen molar-refractivity contribution in [3.8, 4) is 0 Å². The summed E-state index contributed by atoms with van der Waals surface area (Å²) in [5, 5.41) is 0. The van der Waals surface area contributed by atoms with Crippen LogP contribution in [0.25, 0.3) is 0 Å². The molecule has 1 aromatic rings. The molecule has 1 saturated carbocycles. The van der Waals surface area contributed by atoms with Crippen LogP contribution in [0.2, 0.25) is 0 Å². The highest BCUT2D eigenvalue weighted by Gasteiger charge is 2.65. The monoisotopic (exact) mass is 424 g/mol. The van der Waals surface area contributed by atoms with Crippen LogP contribution in [0.4, 0.5) is 0 Å². The molecule has 0 aromatic carbocycles. The molecule has 1 spiro atoms. The average molecular weight is 425 g/mol. The number of aromatic nitrogens is 1. The van der Waals surface area contributed by atoms with Crippen molar-refractivity contribution in [1.82, 2.24) is 19.7 Å². The van der Waals surface area contributed by atoms with E-state index in [0.717, 1.165) is 51.6 Å². The lowest BCUT2D eigenvalue weighted by Crippen LogP contribution is -2.50. The van der Waals surface area contributed by atoms with Crippen LogP contribution in [0.3, 0.4) is 0 Å². The summed E-state index contributed by atoms with van der Waals surface area (Å²) in [6.45, 7) is 6.00. The first kappa shape index (κ1) is 20.5. The second-order valence-corrected chi connectivity index (χ2v) is 10.0. The fourth-order valence-electron chi connectivity index (χ4n) is 6.81. The zero-order valence-electron chi connectivity index (χ0n) is 18.4. The van der Waals surface area contributed by atoms with Crippen molar-refractivity contribution in [2.24, 2.45) is 16.7 Å². The van der Waals surface area contributed by atoms with Crippen LogP contribution in [0.1, 0.15) is 55.8 Å². The molecule has 0 bridgehead atoms. The Kier molecular flexibility index (Phi) is 5.02. The largest absolute Gasteiger partial charge is 0.342 e. The number of amides is 3. The van der Waals surface area contributed by atoms with Crippen LogP contribution in [0.15, 0.2) is 24.5 Å². The van der Waals surface area contributed by atoms with E-state index in [0.29, 0.717) is 31.7 Å².